The highest BCUT2D eigenvalue weighted by Crippen LogP contribution is 2.54. The molecular formula is C31H34F3N5O7. The van der Waals surface area contributed by atoms with Crippen LogP contribution in [0.2, 0.25) is 0 Å². The second-order valence-corrected chi connectivity index (χ2v) is 10.9. The van der Waals surface area contributed by atoms with E-state index in [0.29, 0.717) is 61.1 Å². The summed E-state index contributed by atoms with van der Waals surface area (Å²) in [6.45, 7) is 1.83. The van der Waals surface area contributed by atoms with Gasteiger partial charge in [0.05, 0.1) is 44.3 Å². The Kier molecular flexibility index (Phi) is 10.7. The third-order valence-corrected chi connectivity index (χ3v) is 7.90. The van der Waals surface area contributed by atoms with Crippen LogP contribution in [-0.2, 0) is 14.3 Å². The molecular weight excluding hydrogens is 611 g/mol. The Bertz CT molecular complexity index is 1490. The van der Waals surface area contributed by atoms with Crippen LogP contribution in [0, 0.1) is 17.8 Å². The molecule has 2 aliphatic carbocycles. The van der Waals surface area contributed by atoms with Gasteiger partial charge < -0.3 is 40.4 Å². The minimum atomic E-state index is -4.77. The molecule has 2 saturated carbocycles. The minimum Gasteiger partial charge on any atom is -0.406 e. The van der Waals surface area contributed by atoms with Gasteiger partial charge in [0.1, 0.15) is 17.9 Å². The minimum absolute atomic E-state index is 0.0341. The second-order valence-electron chi connectivity index (χ2n) is 10.9. The van der Waals surface area contributed by atoms with E-state index in [9.17, 15) is 33.0 Å². The van der Waals surface area contributed by atoms with Crippen molar-refractivity contribution in [1.29, 1.82) is 0 Å². The van der Waals surface area contributed by atoms with E-state index in [4.69, 9.17) is 9.47 Å². The van der Waals surface area contributed by atoms with Gasteiger partial charge in [-0.25, -0.2) is 9.97 Å². The maximum Gasteiger partial charge on any atom is 0.573 e. The fraction of sp³-hybridized carbons (Fsp3) is 0.419. The van der Waals surface area contributed by atoms with Crippen molar-refractivity contribution in [2.24, 2.45) is 17.8 Å². The summed E-state index contributed by atoms with van der Waals surface area (Å²) in [6, 6.07) is 13.7. The summed E-state index contributed by atoms with van der Waals surface area (Å²) in [4.78, 5) is 33.3. The lowest BCUT2D eigenvalue weighted by Gasteiger charge is -2.58. The van der Waals surface area contributed by atoms with Crippen LogP contribution >= 0.6 is 0 Å². The number of halogens is 3. The molecule has 15 heteroatoms. The number of amides is 2. The van der Waals surface area contributed by atoms with E-state index >= 15 is 0 Å². The van der Waals surface area contributed by atoms with Gasteiger partial charge in [0.15, 0.2) is 0 Å². The van der Waals surface area contributed by atoms with E-state index in [1.165, 1.54) is 30.6 Å². The number of rotatable bonds is 15. The third-order valence-electron chi connectivity index (χ3n) is 7.90. The fourth-order valence-corrected chi connectivity index (χ4v) is 5.52. The highest BCUT2D eigenvalue weighted by Gasteiger charge is 2.62. The van der Waals surface area contributed by atoms with Gasteiger partial charge in [0.25, 0.3) is 5.91 Å². The van der Waals surface area contributed by atoms with E-state index in [0.717, 1.165) is 0 Å². The highest BCUT2D eigenvalue weighted by molar-refractivity contribution is 5.95. The third kappa shape index (κ3) is 8.48. The van der Waals surface area contributed by atoms with Crippen LogP contribution in [0.1, 0.15) is 16.8 Å². The number of fused-ring (bicyclic) bond motifs is 1. The van der Waals surface area contributed by atoms with E-state index in [-0.39, 0.29) is 48.5 Å². The first-order valence-corrected chi connectivity index (χ1v) is 14.7. The summed E-state index contributed by atoms with van der Waals surface area (Å²) in [5, 5.41) is 27.9. The van der Waals surface area contributed by atoms with Crippen molar-refractivity contribution in [3.63, 3.8) is 0 Å². The normalized spacial score (nSPS) is 21.7. The zero-order valence-electron chi connectivity index (χ0n) is 24.6. The lowest BCUT2D eigenvalue weighted by molar-refractivity contribution is -0.274. The molecule has 5 N–H and O–H groups in total. The maximum absolute atomic E-state index is 12.7. The van der Waals surface area contributed by atoms with Crippen LogP contribution in [-0.4, -0.2) is 90.1 Å². The van der Waals surface area contributed by atoms with E-state index in [2.05, 4.69) is 30.7 Å². The molecule has 46 heavy (non-hydrogen) atoms. The van der Waals surface area contributed by atoms with Gasteiger partial charge in [-0.05, 0) is 48.7 Å². The first-order chi connectivity index (χ1) is 22.1. The van der Waals surface area contributed by atoms with Crippen molar-refractivity contribution >= 4 is 23.3 Å². The van der Waals surface area contributed by atoms with Crippen molar-refractivity contribution in [2.75, 3.05) is 44.8 Å². The summed E-state index contributed by atoms with van der Waals surface area (Å²) in [6.07, 6.45) is -4.36. The standard InChI is InChI=1S/C31H34F3N5O7/c32-31(33,34)46-21-6-4-20(5-7-21)39-25-16-24(37-17-38-25)18-2-1-3-19(14-18)29(42)35-8-10-44-12-13-45-11-9-36-30(43)23-15-22-26(23)28(41)27(22)40/h1-7,14,16-17,22-23,26-28,40-41H,8-13,15H2,(H,35,42)(H,36,43)(H,37,38,39)/t22?,23?,26?,27-,28+/m0/s1. The van der Waals surface area contributed by atoms with Gasteiger partial charge in [-0.15, -0.1) is 13.2 Å². The summed E-state index contributed by atoms with van der Waals surface area (Å²) in [7, 11) is 0. The summed E-state index contributed by atoms with van der Waals surface area (Å²) >= 11 is 0. The van der Waals surface area contributed by atoms with Gasteiger partial charge in [0, 0.05) is 47.8 Å². The predicted octanol–water partition coefficient (Wildman–Crippen LogP) is 2.65. The average Bonchev–Trinajstić information content (AvgIpc) is 3.02. The first-order valence-electron chi connectivity index (χ1n) is 14.7. The number of carbonyl (C=O) groups excluding carboxylic acids is 2. The van der Waals surface area contributed by atoms with Crippen LogP contribution in [0.4, 0.5) is 24.7 Å². The number of benzene rings is 2. The maximum atomic E-state index is 12.7. The zero-order chi connectivity index (χ0) is 32.7. The molecule has 2 aromatic carbocycles. The number of anilines is 2. The molecule has 2 amide bonds. The lowest BCUT2D eigenvalue weighted by atomic mass is 9.49. The molecule has 0 aliphatic heterocycles. The van der Waals surface area contributed by atoms with Gasteiger partial charge in [-0.2, -0.15) is 0 Å². The molecule has 2 fully saturated rings. The van der Waals surface area contributed by atoms with Gasteiger partial charge in [-0.3, -0.25) is 9.59 Å². The van der Waals surface area contributed by atoms with E-state index in [1.807, 2.05) is 0 Å². The molecule has 0 saturated heterocycles. The summed E-state index contributed by atoms with van der Waals surface area (Å²) in [5.41, 5.74) is 2.09. The first kappa shape index (κ1) is 33.1. The molecule has 0 radical (unpaired) electrons. The van der Waals surface area contributed by atoms with E-state index < -0.39 is 18.6 Å². The molecule has 5 atom stereocenters. The topological polar surface area (TPSA) is 164 Å². The fourth-order valence-electron chi connectivity index (χ4n) is 5.52. The molecule has 5 rings (SSSR count). The molecule has 3 aromatic rings. The molecule has 12 nitrogen and oxygen atoms in total. The Hall–Kier alpha value is -4.31. The van der Waals surface area contributed by atoms with Crippen LogP contribution < -0.4 is 20.7 Å². The molecule has 1 heterocycles. The van der Waals surface area contributed by atoms with E-state index in [1.54, 1.807) is 30.3 Å². The number of aliphatic hydroxyl groups excluding tert-OH is 2. The van der Waals surface area contributed by atoms with Gasteiger partial charge in [-0.1, -0.05) is 12.1 Å². The number of ether oxygens (including phenoxy) is 3. The van der Waals surface area contributed by atoms with Crippen molar-refractivity contribution in [3.8, 4) is 17.0 Å². The lowest BCUT2D eigenvalue weighted by Crippen LogP contribution is -2.68. The average molecular weight is 646 g/mol. The Balaban J connectivity index is 0.969. The molecule has 1 aromatic heterocycles. The molecule has 0 bridgehead atoms. The predicted molar refractivity (Wildman–Crippen MR) is 158 cm³/mol. The molecule has 246 valence electrons. The van der Waals surface area contributed by atoms with Crippen molar-refractivity contribution < 1.29 is 47.2 Å². The molecule has 0 spiro atoms. The highest BCUT2D eigenvalue weighted by atomic mass is 19.4. The van der Waals surface area contributed by atoms with Crippen molar-refractivity contribution in [3.05, 3.63) is 66.5 Å². The number of nitrogens with zero attached hydrogens (tertiary/aromatic N) is 2. The van der Waals surface area contributed by atoms with Crippen LogP contribution in [0.3, 0.4) is 0 Å². The van der Waals surface area contributed by atoms with Crippen LogP contribution in [0.25, 0.3) is 11.3 Å². The number of aliphatic hydroxyl groups is 2. The van der Waals surface area contributed by atoms with Crippen LogP contribution in [0.15, 0.2) is 60.9 Å². The van der Waals surface area contributed by atoms with Crippen LogP contribution in [0.5, 0.6) is 5.75 Å². The summed E-state index contributed by atoms with van der Waals surface area (Å²) < 4.78 is 52.0. The number of hydrogen-bond acceptors (Lipinski definition) is 10. The quantitative estimate of drug-likeness (QED) is 0.155. The number of aromatic nitrogens is 2. The number of nitrogens with one attached hydrogen (secondary N) is 3. The van der Waals surface area contributed by atoms with Crippen molar-refractivity contribution in [2.45, 2.75) is 25.0 Å². The Morgan fingerprint density at radius 2 is 1.61 bits per heavy atom. The van der Waals surface area contributed by atoms with Gasteiger partial charge >= 0.3 is 6.36 Å². The smallest absolute Gasteiger partial charge is 0.406 e. The number of alkyl halides is 3. The van der Waals surface area contributed by atoms with Crippen molar-refractivity contribution in [1.82, 2.24) is 20.6 Å². The molecule has 3 unspecified atom stereocenters. The largest absolute Gasteiger partial charge is 0.573 e. The Morgan fingerprint density at radius 3 is 2.30 bits per heavy atom. The second kappa shape index (κ2) is 14.9. The SMILES string of the molecule is O=C(NCCOCCOCCNC(=O)C1CC2C1[C@@H](O)[C@H]2O)c1cccc(-c2cc(Nc3ccc(OC(F)(F)F)cc3)ncn2)c1. The monoisotopic (exact) mass is 645 g/mol. The summed E-state index contributed by atoms with van der Waals surface area (Å²) in [5.74, 6) is -0.722. The zero-order valence-corrected chi connectivity index (χ0v) is 24.6. The van der Waals surface area contributed by atoms with Gasteiger partial charge in [0.2, 0.25) is 5.91 Å². The Morgan fingerprint density at radius 1 is 0.891 bits per heavy atom. The molecule has 2 aliphatic rings. The number of carbonyl (C=O) groups is 2. The Labute approximate surface area is 262 Å². The number of hydrogen-bond donors (Lipinski definition) is 5.